The monoisotopic (exact) mass is 288 g/mol. The molecule has 2 N–H and O–H groups in total. The highest BCUT2D eigenvalue weighted by Gasteiger charge is 2.26. The Bertz CT molecular complexity index is 497. The lowest BCUT2D eigenvalue weighted by atomic mass is 9.85. The zero-order valence-electron chi connectivity index (χ0n) is 12.4. The van der Waals surface area contributed by atoms with Crippen LogP contribution in [-0.4, -0.2) is 30.2 Å². The molecule has 2 atom stereocenters. The molecule has 1 aliphatic carbocycles. The third-order valence-corrected chi connectivity index (χ3v) is 4.71. The van der Waals surface area contributed by atoms with Crippen LogP contribution >= 0.6 is 0 Å². The van der Waals surface area contributed by atoms with E-state index in [2.05, 4.69) is 34.5 Å². The van der Waals surface area contributed by atoms with Gasteiger partial charge in [0.05, 0.1) is 5.92 Å². The second kappa shape index (κ2) is 6.37. The van der Waals surface area contributed by atoms with E-state index in [1.54, 1.807) is 0 Å². The van der Waals surface area contributed by atoms with Crippen LogP contribution in [0, 0.1) is 5.92 Å². The maximum atomic E-state index is 11.1. The van der Waals surface area contributed by atoms with Crippen molar-refractivity contribution in [3.63, 3.8) is 0 Å². The number of hydrogen-bond acceptors (Lipinski definition) is 3. The second-order valence-corrected chi connectivity index (χ2v) is 6.29. The molecule has 1 heterocycles. The smallest absolute Gasteiger partial charge is 0.306 e. The number of nitrogens with zero attached hydrogens (tertiary/aromatic N) is 1. The quantitative estimate of drug-likeness (QED) is 0.892. The Morgan fingerprint density at radius 2 is 2.00 bits per heavy atom. The van der Waals surface area contributed by atoms with Crippen molar-refractivity contribution >= 4 is 17.3 Å². The van der Waals surface area contributed by atoms with Crippen LogP contribution < -0.4 is 10.2 Å². The van der Waals surface area contributed by atoms with Crippen LogP contribution in [0.25, 0.3) is 0 Å². The van der Waals surface area contributed by atoms with Gasteiger partial charge in [-0.05, 0) is 50.3 Å². The largest absolute Gasteiger partial charge is 0.481 e. The van der Waals surface area contributed by atoms with E-state index >= 15 is 0 Å². The van der Waals surface area contributed by atoms with Crippen molar-refractivity contribution in [1.82, 2.24) is 0 Å². The molecule has 21 heavy (non-hydrogen) atoms. The van der Waals surface area contributed by atoms with Gasteiger partial charge in [-0.3, -0.25) is 4.79 Å². The van der Waals surface area contributed by atoms with E-state index in [-0.39, 0.29) is 12.0 Å². The van der Waals surface area contributed by atoms with Gasteiger partial charge in [-0.2, -0.15) is 0 Å². The molecule has 0 aromatic heterocycles. The Balaban J connectivity index is 1.64. The van der Waals surface area contributed by atoms with Gasteiger partial charge in [0.25, 0.3) is 0 Å². The summed E-state index contributed by atoms with van der Waals surface area (Å²) >= 11 is 0. The summed E-state index contributed by atoms with van der Waals surface area (Å²) in [7, 11) is 0. The summed E-state index contributed by atoms with van der Waals surface area (Å²) in [5, 5.41) is 12.7. The minimum absolute atomic E-state index is 0.182. The summed E-state index contributed by atoms with van der Waals surface area (Å²) in [5.41, 5.74) is 2.40. The van der Waals surface area contributed by atoms with E-state index in [4.69, 9.17) is 0 Å². The van der Waals surface area contributed by atoms with Crippen molar-refractivity contribution in [1.29, 1.82) is 0 Å². The zero-order valence-corrected chi connectivity index (χ0v) is 12.4. The molecule has 0 radical (unpaired) electrons. The standard InChI is InChI=1S/C17H24N2O2/c20-17(21)13-5-3-6-14(11-13)18-15-7-4-8-16(12-15)19-9-1-2-10-19/h4,7-8,12-14,18H,1-3,5-6,9-11H2,(H,20,21). The number of aliphatic carboxylic acids is 1. The number of anilines is 2. The molecule has 4 heteroatoms. The minimum atomic E-state index is -0.646. The van der Waals surface area contributed by atoms with Crippen molar-refractivity contribution in [3.05, 3.63) is 24.3 Å². The van der Waals surface area contributed by atoms with E-state index in [1.165, 1.54) is 18.5 Å². The van der Waals surface area contributed by atoms with E-state index in [0.29, 0.717) is 0 Å². The lowest BCUT2D eigenvalue weighted by molar-refractivity contribution is -0.142. The normalized spacial score (nSPS) is 25.8. The fraction of sp³-hybridized carbons (Fsp3) is 0.588. The first-order valence-corrected chi connectivity index (χ1v) is 8.07. The Morgan fingerprint density at radius 1 is 1.19 bits per heavy atom. The molecular weight excluding hydrogens is 264 g/mol. The average molecular weight is 288 g/mol. The Kier molecular flexibility index (Phi) is 4.32. The second-order valence-electron chi connectivity index (χ2n) is 6.29. The molecule has 1 saturated carbocycles. The molecule has 0 amide bonds. The van der Waals surface area contributed by atoms with Gasteiger partial charge in [0.2, 0.25) is 0 Å². The Morgan fingerprint density at radius 3 is 2.76 bits per heavy atom. The van der Waals surface area contributed by atoms with Gasteiger partial charge in [0.1, 0.15) is 0 Å². The summed E-state index contributed by atoms with van der Waals surface area (Å²) in [4.78, 5) is 13.6. The van der Waals surface area contributed by atoms with Crippen molar-refractivity contribution in [3.8, 4) is 0 Å². The molecule has 1 aromatic rings. The number of nitrogens with one attached hydrogen (secondary N) is 1. The van der Waals surface area contributed by atoms with Crippen LogP contribution in [0.1, 0.15) is 38.5 Å². The fourth-order valence-corrected chi connectivity index (χ4v) is 3.55. The first-order chi connectivity index (χ1) is 10.2. The third kappa shape index (κ3) is 3.49. The lowest BCUT2D eigenvalue weighted by Crippen LogP contribution is -2.31. The number of rotatable bonds is 4. The van der Waals surface area contributed by atoms with Gasteiger partial charge >= 0.3 is 5.97 Å². The summed E-state index contributed by atoms with van der Waals surface area (Å²) in [5.74, 6) is -0.828. The molecule has 4 nitrogen and oxygen atoms in total. The van der Waals surface area contributed by atoms with Gasteiger partial charge < -0.3 is 15.3 Å². The molecule has 114 valence electrons. The van der Waals surface area contributed by atoms with Crippen LogP contribution in [0.2, 0.25) is 0 Å². The van der Waals surface area contributed by atoms with Gasteiger partial charge in [-0.25, -0.2) is 0 Å². The SMILES string of the molecule is O=C(O)C1CCCC(Nc2cccc(N3CCCC3)c2)C1. The molecule has 3 rings (SSSR count). The topological polar surface area (TPSA) is 52.6 Å². The van der Waals surface area contributed by atoms with E-state index < -0.39 is 5.97 Å². The number of benzene rings is 1. The van der Waals surface area contributed by atoms with Crippen molar-refractivity contribution < 1.29 is 9.90 Å². The van der Waals surface area contributed by atoms with Crippen molar-refractivity contribution in [2.45, 2.75) is 44.6 Å². The molecule has 2 fully saturated rings. The van der Waals surface area contributed by atoms with Crippen molar-refractivity contribution in [2.75, 3.05) is 23.3 Å². The average Bonchev–Trinajstić information content (AvgIpc) is 3.02. The molecule has 2 aliphatic rings. The molecule has 1 aromatic carbocycles. The van der Waals surface area contributed by atoms with E-state index in [1.807, 2.05) is 0 Å². The molecule has 2 unspecified atom stereocenters. The Hall–Kier alpha value is -1.71. The highest BCUT2D eigenvalue weighted by molar-refractivity contribution is 5.70. The van der Waals surface area contributed by atoms with Gasteiger partial charge in [0.15, 0.2) is 0 Å². The van der Waals surface area contributed by atoms with Gasteiger partial charge in [-0.1, -0.05) is 12.5 Å². The summed E-state index contributed by atoms with van der Waals surface area (Å²) in [6.45, 7) is 2.29. The number of carboxylic acids is 1. The number of hydrogen-bond donors (Lipinski definition) is 2. The number of carboxylic acid groups (broad SMARTS) is 1. The van der Waals surface area contributed by atoms with Crippen LogP contribution in [0.4, 0.5) is 11.4 Å². The van der Waals surface area contributed by atoms with E-state index in [9.17, 15) is 9.90 Å². The predicted octanol–water partition coefficient (Wildman–Crippen LogP) is 3.34. The molecule has 1 saturated heterocycles. The maximum absolute atomic E-state index is 11.1. The Labute approximate surface area is 126 Å². The third-order valence-electron chi connectivity index (χ3n) is 4.71. The highest BCUT2D eigenvalue weighted by Crippen LogP contribution is 2.29. The first-order valence-electron chi connectivity index (χ1n) is 8.07. The first kappa shape index (κ1) is 14.2. The molecule has 0 bridgehead atoms. The predicted molar refractivity (Wildman–Crippen MR) is 84.9 cm³/mol. The fourth-order valence-electron chi connectivity index (χ4n) is 3.55. The van der Waals surface area contributed by atoms with Crippen LogP contribution in [0.5, 0.6) is 0 Å². The number of carbonyl (C=O) groups is 1. The molecular formula is C17H24N2O2. The van der Waals surface area contributed by atoms with E-state index in [0.717, 1.165) is 44.5 Å². The summed E-state index contributed by atoms with van der Waals surface area (Å²) in [6.07, 6.45) is 6.18. The van der Waals surface area contributed by atoms with Gasteiger partial charge in [0, 0.05) is 30.5 Å². The molecule has 0 spiro atoms. The van der Waals surface area contributed by atoms with Crippen LogP contribution in [0.3, 0.4) is 0 Å². The van der Waals surface area contributed by atoms with Crippen molar-refractivity contribution in [2.24, 2.45) is 5.92 Å². The zero-order chi connectivity index (χ0) is 14.7. The summed E-state index contributed by atoms with van der Waals surface area (Å²) < 4.78 is 0. The summed E-state index contributed by atoms with van der Waals surface area (Å²) in [6, 6.07) is 8.83. The van der Waals surface area contributed by atoms with Crippen LogP contribution in [0.15, 0.2) is 24.3 Å². The highest BCUT2D eigenvalue weighted by atomic mass is 16.4. The van der Waals surface area contributed by atoms with Gasteiger partial charge in [-0.15, -0.1) is 0 Å². The maximum Gasteiger partial charge on any atom is 0.306 e. The minimum Gasteiger partial charge on any atom is -0.481 e. The lowest BCUT2D eigenvalue weighted by Gasteiger charge is -2.28. The van der Waals surface area contributed by atoms with Crippen LogP contribution in [-0.2, 0) is 4.79 Å². The molecule has 1 aliphatic heterocycles.